The highest BCUT2D eigenvalue weighted by atomic mass is 35.5. The summed E-state index contributed by atoms with van der Waals surface area (Å²) in [7, 11) is 0. The number of nitrogens with zero attached hydrogens (tertiary/aromatic N) is 2. The molecule has 1 unspecified atom stereocenters. The Hall–Kier alpha value is -2.44. The Morgan fingerprint density at radius 3 is 2.64 bits per heavy atom. The van der Waals surface area contributed by atoms with Crippen LogP contribution in [0.1, 0.15) is 45.5 Å². The second-order valence-electron chi connectivity index (χ2n) is 9.24. The fourth-order valence-corrected chi connectivity index (χ4v) is 5.01. The summed E-state index contributed by atoms with van der Waals surface area (Å²) in [5.41, 5.74) is 5.56. The van der Waals surface area contributed by atoms with Crippen LogP contribution in [-0.2, 0) is 17.8 Å². The lowest BCUT2D eigenvalue weighted by Gasteiger charge is -2.37. The SMILES string of the molecule is Cc1cc2c(cc1C)CN(C(=O)C1CCCN(CCNC(=O)c3ccc(F)c(Cl)c3)C1)CC2. The van der Waals surface area contributed by atoms with E-state index in [1.54, 1.807) is 0 Å². The number of aryl methyl sites for hydroxylation is 2. The van der Waals surface area contributed by atoms with E-state index in [9.17, 15) is 14.0 Å². The molecule has 0 radical (unpaired) electrons. The number of hydrogen-bond acceptors (Lipinski definition) is 3. The summed E-state index contributed by atoms with van der Waals surface area (Å²) in [5.74, 6) is -0.578. The third-order valence-electron chi connectivity index (χ3n) is 6.89. The fraction of sp³-hybridized carbons (Fsp3) is 0.462. The molecule has 1 N–H and O–H groups in total. The Morgan fingerprint density at radius 1 is 1.12 bits per heavy atom. The lowest BCUT2D eigenvalue weighted by atomic mass is 9.92. The van der Waals surface area contributed by atoms with Crippen molar-refractivity contribution in [3.05, 3.63) is 69.0 Å². The van der Waals surface area contributed by atoms with Crippen molar-refractivity contribution in [3.63, 3.8) is 0 Å². The average Bonchev–Trinajstić information content (AvgIpc) is 2.81. The first-order valence-corrected chi connectivity index (χ1v) is 12.0. The Labute approximate surface area is 199 Å². The summed E-state index contributed by atoms with van der Waals surface area (Å²) < 4.78 is 13.3. The summed E-state index contributed by atoms with van der Waals surface area (Å²) in [6, 6.07) is 8.45. The molecule has 0 bridgehead atoms. The van der Waals surface area contributed by atoms with E-state index >= 15 is 0 Å². The van der Waals surface area contributed by atoms with Gasteiger partial charge in [-0.05, 0) is 80.1 Å². The van der Waals surface area contributed by atoms with Crippen LogP contribution in [0.2, 0.25) is 5.02 Å². The van der Waals surface area contributed by atoms with Crippen LogP contribution >= 0.6 is 11.6 Å². The molecule has 1 saturated heterocycles. The fourth-order valence-electron chi connectivity index (χ4n) is 4.83. The molecule has 5 nitrogen and oxygen atoms in total. The smallest absolute Gasteiger partial charge is 0.251 e. The van der Waals surface area contributed by atoms with Gasteiger partial charge in [-0.1, -0.05) is 23.7 Å². The van der Waals surface area contributed by atoms with Crippen molar-refractivity contribution in [3.8, 4) is 0 Å². The van der Waals surface area contributed by atoms with Crippen LogP contribution in [0.4, 0.5) is 4.39 Å². The molecule has 1 atom stereocenters. The molecule has 7 heteroatoms. The van der Waals surface area contributed by atoms with Crippen molar-refractivity contribution in [1.82, 2.24) is 15.1 Å². The summed E-state index contributed by atoms with van der Waals surface area (Å²) >= 11 is 5.77. The zero-order valence-corrected chi connectivity index (χ0v) is 20.1. The van der Waals surface area contributed by atoms with Crippen molar-refractivity contribution >= 4 is 23.4 Å². The standard InChI is InChI=1S/C26H31ClFN3O2/c1-17-12-19-7-10-31(16-22(19)13-18(17)2)26(33)21-4-3-9-30(15-21)11-8-29-25(32)20-5-6-24(28)23(27)14-20/h5-6,12-14,21H,3-4,7-11,15-16H2,1-2H3,(H,29,32). The van der Waals surface area contributed by atoms with Crippen LogP contribution in [0.25, 0.3) is 0 Å². The van der Waals surface area contributed by atoms with Gasteiger partial charge in [0.1, 0.15) is 5.82 Å². The zero-order valence-electron chi connectivity index (χ0n) is 19.3. The van der Waals surface area contributed by atoms with Crippen LogP contribution in [0.5, 0.6) is 0 Å². The van der Waals surface area contributed by atoms with E-state index < -0.39 is 5.82 Å². The maximum absolute atomic E-state index is 13.3. The molecule has 0 spiro atoms. The van der Waals surface area contributed by atoms with Gasteiger partial charge >= 0.3 is 0 Å². The Balaban J connectivity index is 1.28. The number of carbonyl (C=O) groups is 2. The number of fused-ring (bicyclic) bond motifs is 1. The number of rotatable bonds is 5. The Morgan fingerprint density at radius 2 is 1.88 bits per heavy atom. The first kappa shape index (κ1) is 23.7. The van der Waals surface area contributed by atoms with Gasteiger partial charge in [0.25, 0.3) is 5.91 Å². The lowest BCUT2D eigenvalue weighted by Crippen LogP contribution is -2.47. The summed E-state index contributed by atoms with van der Waals surface area (Å²) in [5, 5.41) is 2.80. The minimum Gasteiger partial charge on any atom is -0.351 e. The van der Waals surface area contributed by atoms with Crippen LogP contribution in [-0.4, -0.2) is 54.3 Å². The van der Waals surface area contributed by atoms with Gasteiger partial charge < -0.3 is 15.1 Å². The molecule has 4 rings (SSSR count). The maximum atomic E-state index is 13.3. The van der Waals surface area contributed by atoms with Crippen molar-refractivity contribution in [2.45, 2.75) is 39.7 Å². The maximum Gasteiger partial charge on any atom is 0.251 e. The second kappa shape index (κ2) is 10.2. The monoisotopic (exact) mass is 471 g/mol. The van der Waals surface area contributed by atoms with E-state index in [-0.39, 0.29) is 22.8 Å². The summed E-state index contributed by atoms with van der Waals surface area (Å²) in [6.07, 6.45) is 2.80. The highest BCUT2D eigenvalue weighted by Gasteiger charge is 2.31. The number of carbonyl (C=O) groups excluding carboxylic acids is 2. The van der Waals surface area contributed by atoms with Crippen molar-refractivity contribution in [2.24, 2.45) is 5.92 Å². The van der Waals surface area contributed by atoms with Crippen LogP contribution in [0, 0.1) is 25.6 Å². The van der Waals surface area contributed by atoms with Gasteiger partial charge in [-0.15, -0.1) is 0 Å². The molecular formula is C26H31ClFN3O2. The number of likely N-dealkylation sites (tertiary alicyclic amines) is 1. The number of benzene rings is 2. The lowest BCUT2D eigenvalue weighted by molar-refractivity contribution is -0.138. The third kappa shape index (κ3) is 5.56. The Kier molecular flexibility index (Phi) is 7.35. The van der Waals surface area contributed by atoms with Crippen LogP contribution in [0.3, 0.4) is 0 Å². The van der Waals surface area contributed by atoms with Crippen LogP contribution < -0.4 is 5.32 Å². The number of piperidine rings is 1. The molecule has 176 valence electrons. The van der Waals surface area contributed by atoms with Crippen molar-refractivity contribution < 1.29 is 14.0 Å². The number of nitrogens with one attached hydrogen (secondary N) is 1. The van der Waals surface area contributed by atoms with E-state index in [1.165, 1.54) is 40.5 Å². The average molecular weight is 472 g/mol. The molecule has 0 saturated carbocycles. The van der Waals surface area contributed by atoms with Gasteiger partial charge in [-0.3, -0.25) is 9.59 Å². The minimum atomic E-state index is -0.542. The third-order valence-corrected chi connectivity index (χ3v) is 7.18. The molecule has 2 heterocycles. The van der Waals surface area contributed by atoms with Gasteiger partial charge in [0, 0.05) is 38.3 Å². The molecule has 2 amide bonds. The van der Waals surface area contributed by atoms with Gasteiger partial charge in [0.2, 0.25) is 5.91 Å². The van der Waals surface area contributed by atoms with E-state index in [0.29, 0.717) is 31.7 Å². The van der Waals surface area contributed by atoms with Crippen molar-refractivity contribution in [1.29, 1.82) is 0 Å². The number of halogens is 2. The molecule has 33 heavy (non-hydrogen) atoms. The second-order valence-corrected chi connectivity index (χ2v) is 9.65. The molecular weight excluding hydrogens is 441 g/mol. The number of hydrogen-bond donors (Lipinski definition) is 1. The van der Waals surface area contributed by atoms with Gasteiger partial charge in [0.05, 0.1) is 10.9 Å². The Bertz CT molecular complexity index is 1060. The van der Waals surface area contributed by atoms with Gasteiger partial charge in [0.15, 0.2) is 0 Å². The molecule has 1 fully saturated rings. The van der Waals surface area contributed by atoms with E-state index in [1.807, 2.05) is 4.90 Å². The summed E-state index contributed by atoms with van der Waals surface area (Å²) in [4.78, 5) is 29.8. The highest BCUT2D eigenvalue weighted by Crippen LogP contribution is 2.26. The van der Waals surface area contributed by atoms with E-state index in [4.69, 9.17) is 11.6 Å². The molecule has 2 aliphatic rings. The molecule has 2 aromatic rings. The van der Waals surface area contributed by atoms with Crippen LogP contribution in [0.15, 0.2) is 30.3 Å². The predicted octanol–water partition coefficient (Wildman–Crippen LogP) is 4.12. The normalized spacial score (nSPS) is 18.7. The highest BCUT2D eigenvalue weighted by molar-refractivity contribution is 6.31. The predicted molar refractivity (Wildman–Crippen MR) is 128 cm³/mol. The molecule has 0 aliphatic carbocycles. The van der Waals surface area contributed by atoms with Gasteiger partial charge in [-0.2, -0.15) is 0 Å². The minimum absolute atomic E-state index is 0.00143. The summed E-state index contributed by atoms with van der Waals surface area (Å²) in [6.45, 7) is 8.51. The van der Waals surface area contributed by atoms with Gasteiger partial charge in [-0.25, -0.2) is 4.39 Å². The largest absolute Gasteiger partial charge is 0.351 e. The first-order chi connectivity index (χ1) is 15.8. The topological polar surface area (TPSA) is 52.7 Å². The van der Waals surface area contributed by atoms with E-state index in [2.05, 4.69) is 36.2 Å². The molecule has 2 aliphatic heterocycles. The number of amides is 2. The first-order valence-electron chi connectivity index (χ1n) is 11.6. The quantitative estimate of drug-likeness (QED) is 0.713. The molecule has 0 aromatic heterocycles. The zero-order chi connectivity index (χ0) is 23.5. The van der Waals surface area contributed by atoms with Crippen molar-refractivity contribution in [2.75, 3.05) is 32.7 Å². The molecule has 2 aromatic carbocycles. The van der Waals surface area contributed by atoms with E-state index in [0.717, 1.165) is 32.4 Å².